The van der Waals surface area contributed by atoms with Crippen LogP contribution in [-0.2, 0) is 22.5 Å². The van der Waals surface area contributed by atoms with Crippen molar-refractivity contribution in [2.24, 2.45) is 0 Å². The number of esters is 1. The molecule has 2 aromatic heterocycles. The third kappa shape index (κ3) is 3.11. The SMILES string of the molecule is COC(=O)CCCn1c(-c2ccncc2)cc2c1CCNC2=O. The van der Waals surface area contributed by atoms with E-state index in [1.54, 1.807) is 12.4 Å². The number of methoxy groups -OCH3 is 1. The second-order valence-corrected chi connectivity index (χ2v) is 5.46. The van der Waals surface area contributed by atoms with Crippen LogP contribution < -0.4 is 5.32 Å². The van der Waals surface area contributed by atoms with Crippen molar-refractivity contribution in [1.29, 1.82) is 0 Å². The average molecular weight is 313 g/mol. The Bertz CT molecular complexity index is 722. The molecule has 2 aromatic rings. The van der Waals surface area contributed by atoms with Gasteiger partial charge in [-0.3, -0.25) is 14.6 Å². The molecule has 6 nitrogen and oxygen atoms in total. The lowest BCUT2D eigenvalue weighted by atomic mass is 10.1. The Balaban J connectivity index is 1.94. The maximum atomic E-state index is 12.1. The molecule has 0 spiro atoms. The highest BCUT2D eigenvalue weighted by molar-refractivity contribution is 5.98. The zero-order chi connectivity index (χ0) is 16.2. The standard InChI is InChI=1S/C17H19N3O3/c1-23-16(21)3-2-10-20-14-6-9-19-17(22)13(14)11-15(20)12-4-7-18-8-5-12/h4-5,7-8,11H,2-3,6,9-10H2,1H3,(H,19,22). The number of carbonyl (C=O) groups excluding carboxylic acids is 2. The zero-order valence-corrected chi connectivity index (χ0v) is 13.0. The Morgan fingerprint density at radius 3 is 2.91 bits per heavy atom. The topological polar surface area (TPSA) is 73.2 Å². The van der Waals surface area contributed by atoms with E-state index in [-0.39, 0.29) is 11.9 Å². The number of rotatable bonds is 5. The minimum Gasteiger partial charge on any atom is -0.469 e. The number of ether oxygens (including phenoxy) is 1. The van der Waals surface area contributed by atoms with Crippen LogP contribution in [0, 0.1) is 0 Å². The zero-order valence-electron chi connectivity index (χ0n) is 13.0. The van der Waals surface area contributed by atoms with E-state index in [9.17, 15) is 9.59 Å². The lowest BCUT2D eigenvalue weighted by Gasteiger charge is -2.17. The first-order chi connectivity index (χ1) is 11.2. The van der Waals surface area contributed by atoms with E-state index in [2.05, 4.69) is 14.9 Å². The molecule has 0 saturated carbocycles. The summed E-state index contributed by atoms with van der Waals surface area (Å²) >= 11 is 0. The molecule has 0 unspecified atom stereocenters. The van der Waals surface area contributed by atoms with Crippen LogP contribution in [0.25, 0.3) is 11.3 Å². The molecule has 0 saturated heterocycles. The van der Waals surface area contributed by atoms with Gasteiger partial charge in [-0.25, -0.2) is 0 Å². The fourth-order valence-electron chi connectivity index (χ4n) is 2.95. The van der Waals surface area contributed by atoms with Crippen LogP contribution in [0.5, 0.6) is 0 Å². The molecular weight excluding hydrogens is 294 g/mol. The summed E-state index contributed by atoms with van der Waals surface area (Å²) in [6, 6.07) is 5.78. The summed E-state index contributed by atoms with van der Waals surface area (Å²) < 4.78 is 6.84. The number of fused-ring (bicyclic) bond motifs is 1. The number of pyridine rings is 1. The Morgan fingerprint density at radius 1 is 1.39 bits per heavy atom. The van der Waals surface area contributed by atoms with Gasteiger partial charge in [0, 0.05) is 55.3 Å². The molecule has 0 fully saturated rings. The van der Waals surface area contributed by atoms with E-state index < -0.39 is 0 Å². The van der Waals surface area contributed by atoms with Crippen LogP contribution in [0.1, 0.15) is 28.9 Å². The predicted octanol–water partition coefficient (Wildman–Crippen LogP) is 1.79. The van der Waals surface area contributed by atoms with E-state index in [1.165, 1.54) is 7.11 Å². The van der Waals surface area contributed by atoms with Crippen LogP contribution in [-0.4, -0.2) is 35.1 Å². The van der Waals surface area contributed by atoms with Gasteiger partial charge in [-0.05, 0) is 24.6 Å². The van der Waals surface area contributed by atoms with Gasteiger partial charge in [-0.15, -0.1) is 0 Å². The van der Waals surface area contributed by atoms with Gasteiger partial charge < -0.3 is 14.6 Å². The lowest BCUT2D eigenvalue weighted by Crippen LogP contribution is -2.32. The summed E-state index contributed by atoms with van der Waals surface area (Å²) in [6.45, 7) is 1.32. The summed E-state index contributed by atoms with van der Waals surface area (Å²) in [5, 5.41) is 2.87. The molecular formula is C17H19N3O3. The van der Waals surface area contributed by atoms with Crippen molar-refractivity contribution in [3.8, 4) is 11.3 Å². The third-order valence-corrected chi connectivity index (χ3v) is 4.07. The number of carbonyl (C=O) groups is 2. The largest absolute Gasteiger partial charge is 0.469 e. The van der Waals surface area contributed by atoms with Crippen LogP contribution in [0.15, 0.2) is 30.6 Å². The number of aromatic nitrogens is 2. The van der Waals surface area contributed by atoms with Gasteiger partial charge in [0.25, 0.3) is 5.91 Å². The van der Waals surface area contributed by atoms with Gasteiger partial charge >= 0.3 is 5.97 Å². The summed E-state index contributed by atoms with van der Waals surface area (Å²) in [6.07, 6.45) is 5.31. The van der Waals surface area contributed by atoms with E-state index in [1.807, 2.05) is 18.2 Å². The van der Waals surface area contributed by atoms with Gasteiger partial charge in [0.15, 0.2) is 0 Å². The second kappa shape index (κ2) is 6.64. The summed E-state index contributed by atoms with van der Waals surface area (Å²) in [4.78, 5) is 27.5. The highest BCUT2D eigenvalue weighted by Crippen LogP contribution is 2.28. The van der Waals surface area contributed by atoms with Gasteiger partial charge in [0.2, 0.25) is 0 Å². The fourth-order valence-corrected chi connectivity index (χ4v) is 2.95. The number of hydrogen-bond donors (Lipinski definition) is 1. The minimum atomic E-state index is -0.214. The van der Waals surface area contributed by atoms with Crippen LogP contribution in [0.3, 0.4) is 0 Å². The monoisotopic (exact) mass is 313 g/mol. The molecule has 120 valence electrons. The first-order valence-electron chi connectivity index (χ1n) is 7.68. The van der Waals surface area contributed by atoms with Gasteiger partial charge in [0.05, 0.1) is 12.7 Å². The van der Waals surface area contributed by atoms with E-state index >= 15 is 0 Å². The highest BCUT2D eigenvalue weighted by atomic mass is 16.5. The summed E-state index contributed by atoms with van der Waals surface area (Å²) in [7, 11) is 1.40. The average Bonchev–Trinajstić information content (AvgIpc) is 2.96. The Morgan fingerprint density at radius 2 is 2.17 bits per heavy atom. The molecule has 1 aliphatic heterocycles. The number of hydrogen-bond acceptors (Lipinski definition) is 4. The molecule has 0 bridgehead atoms. The number of nitrogens with zero attached hydrogens (tertiary/aromatic N) is 2. The van der Waals surface area contributed by atoms with E-state index in [0.717, 1.165) is 28.9 Å². The predicted molar refractivity (Wildman–Crippen MR) is 85.0 cm³/mol. The van der Waals surface area contributed by atoms with Crippen molar-refractivity contribution in [2.75, 3.05) is 13.7 Å². The quantitative estimate of drug-likeness (QED) is 0.854. The minimum absolute atomic E-state index is 0.0340. The summed E-state index contributed by atoms with van der Waals surface area (Å²) in [5.41, 5.74) is 3.76. The number of amides is 1. The molecule has 6 heteroatoms. The maximum absolute atomic E-state index is 12.1. The van der Waals surface area contributed by atoms with E-state index in [0.29, 0.717) is 25.9 Å². The first-order valence-corrected chi connectivity index (χ1v) is 7.68. The van der Waals surface area contributed by atoms with E-state index in [4.69, 9.17) is 4.74 Å². The molecule has 0 aromatic carbocycles. The second-order valence-electron chi connectivity index (χ2n) is 5.46. The highest BCUT2D eigenvalue weighted by Gasteiger charge is 2.24. The van der Waals surface area contributed by atoms with Crippen molar-refractivity contribution in [2.45, 2.75) is 25.8 Å². The van der Waals surface area contributed by atoms with Crippen molar-refractivity contribution >= 4 is 11.9 Å². The van der Waals surface area contributed by atoms with Crippen molar-refractivity contribution < 1.29 is 14.3 Å². The van der Waals surface area contributed by atoms with Crippen molar-refractivity contribution in [3.63, 3.8) is 0 Å². The third-order valence-electron chi connectivity index (χ3n) is 4.07. The van der Waals surface area contributed by atoms with Crippen molar-refractivity contribution in [3.05, 3.63) is 41.9 Å². The molecule has 0 atom stereocenters. The van der Waals surface area contributed by atoms with Gasteiger partial charge in [0.1, 0.15) is 0 Å². The van der Waals surface area contributed by atoms with Crippen molar-refractivity contribution in [1.82, 2.24) is 14.9 Å². The molecule has 1 amide bonds. The Hall–Kier alpha value is -2.63. The van der Waals surface area contributed by atoms with Crippen LogP contribution >= 0.6 is 0 Å². The Labute approximate surface area is 134 Å². The molecule has 3 rings (SSSR count). The molecule has 0 radical (unpaired) electrons. The van der Waals surface area contributed by atoms with Crippen LogP contribution in [0.4, 0.5) is 0 Å². The number of nitrogens with one attached hydrogen (secondary N) is 1. The molecule has 0 aliphatic carbocycles. The fraction of sp³-hybridized carbons (Fsp3) is 0.353. The van der Waals surface area contributed by atoms with Crippen LogP contribution in [0.2, 0.25) is 0 Å². The maximum Gasteiger partial charge on any atom is 0.305 e. The normalized spacial score (nSPS) is 13.3. The smallest absolute Gasteiger partial charge is 0.305 e. The van der Waals surface area contributed by atoms with Gasteiger partial charge in [-0.1, -0.05) is 0 Å². The lowest BCUT2D eigenvalue weighted by molar-refractivity contribution is -0.140. The molecule has 23 heavy (non-hydrogen) atoms. The molecule has 1 aliphatic rings. The Kier molecular flexibility index (Phi) is 4.41. The first kappa shape index (κ1) is 15.3. The summed E-state index contributed by atoms with van der Waals surface area (Å²) in [5.74, 6) is -0.248. The molecule has 3 heterocycles. The molecule has 1 N–H and O–H groups in total. The van der Waals surface area contributed by atoms with Gasteiger partial charge in [-0.2, -0.15) is 0 Å².